The van der Waals surface area contributed by atoms with Gasteiger partial charge in [0.1, 0.15) is 11.9 Å². The van der Waals surface area contributed by atoms with E-state index >= 15 is 0 Å². The Labute approximate surface area is 180 Å². The van der Waals surface area contributed by atoms with Crippen molar-refractivity contribution in [1.29, 1.82) is 21.2 Å². The maximum absolute atomic E-state index is 10.4. The predicted octanol–water partition coefficient (Wildman–Crippen LogP) is 4.21. The highest BCUT2D eigenvalue weighted by atomic mass is 16.7. The quantitative estimate of drug-likeness (QED) is 0.802. The molecule has 0 radical (unpaired) electrons. The molecule has 1 N–H and O–H groups in total. The summed E-state index contributed by atoms with van der Waals surface area (Å²) in [5.41, 5.74) is -2.67. The zero-order chi connectivity index (χ0) is 22.3. The molecule has 4 atom stereocenters. The predicted molar refractivity (Wildman–Crippen MR) is 110 cm³/mol. The first kappa shape index (κ1) is 20.4. The van der Waals surface area contributed by atoms with Crippen LogP contribution in [0.4, 0.5) is 0 Å². The van der Waals surface area contributed by atoms with E-state index in [1.807, 2.05) is 13.0 Å². The largest absolute Gasteiger partial charge is 0.494 e. The van der Waals surface area contributed by atoms with Gasteiger partial charge in [0.25, 0.3) is 0 Å². The van der Waals surface area contributed by atoms with Gasteiger partial charge in [-0.05, 0) is 30.2 Å². The molecule has 7 nitrogen and oxygen atoms in total. The summed E-state index contributed by atoms with van der Waals surface area (Å²) in [4.78, 5) is 0. The molecular formula is C24H20N4O3. The maximum Gasteiger partial charge on any atom is 0.218 e. The first-order valence-corrected chi connectivity index (χ1v) is 9.89. The third-order valence-electron chi connectivity index (χ3n) is 6.14. The van der Waals surface area contributed by atoms with E-state index in [0.29, 0.717) is 23.5 Å². The van der Waals surface area contributed by atoms with Crippen LogP contribution in [0.5, 0.6) is 5.75 Å². The van der Waals surface area contributed by atoms with Gasteiger partial charge in [-0.25, -0.2) is 0 Å². The summed E-state index contributed by atoms with van der Waals surface area (Å²) in [5.74, 6) is -2.04. The molecule has 2 aliphatic heterocycles. The van der Waals surface area contributed by atoms with Gasteiger partial charge in [0.05, 0.1) is 30.7 Å². The molecule has 0 aliphatic carbocycles. The average molecular weight is 412 g/mol. The minimum atomic E-state index is -2.01. The Morgan fingerprint density at radius 1 is 0.968 bits per heavy atom. The Morgan fingerprint density at radius 2 is 1.61 bits per heavy atom. The molecule has 154 valence electrons. The van der Waals surface area contributed by atoms with Crippen LogP contribution >= 0.6 is 0 Å². The summed E-state index contributed by atoms with van der Waals surface area (Å²) < 4.78 is 17.6. The molecule has 0 spiro atoms. The van der Waals surface area contributed by atoms with E-state index in [2.05, 4.69) is 18.2 Å². The standard InChI is InChI=1S/C24H20N4O3/c1-3-29-18-11-9-17(10-12-18)20-23(13-25,14-26)24(15-27)19(16-7-5-4-6-8-16)22(2,30-20)31-21(24)28/h4-12,19-20,28H,3H2,1-2H3. The van der Waals surface area contributed by atoms with Gasteiger partial charge < -0.3 is 14.2 Å². The molecule has 31 heavy (non-hydrogen) atoms. The Hall–Kier alpha value is -3.86. The number of nitrogens with one attached hydrogen (secondary N) is 1. The van der Waals surface area contributed by atoms with E-state index in [4.69, 9.17) is 19.6 Å². The Bertz CT molecular complexity index is 1130. The summed E-state index contributed by atoms with van der Waals surface area (Å²) in [6.45, 7) is 4.02. The van der Waals surface area contributed by atoms with Gasteiger partial charge in [-0.3, -0.25) is 5.41 Å². The van der Waals surface area contributed by atoms with Crippen LogP contribution in [-0.4, -0.2) is 18.3 Å². The zero-order valence-corrected chi connectivity index (χ0v) is 17.1. The molecule has 7 heteroatoms. The molecule has 0 aromatic heterocycles. The topological polar surface area (TPSA) is 123 Å². The number of nitriles is 3. The van der Waals surface area contributed by atoms with Gasteiger partial charge in [0.2, 0.25) is 17.1 Å². The van der Waals surface area contributed by atoms with E-state index in [0.717, 1.165) is 0 Å². The van der Waals surface area contributed by atoms with Crippen molar-refractivity contribution in [3.8, 4) is 24.0 Å². The second-order valence-electron chi connectivity index (χ2n) is 7.74. The lowest BCUT2D eigenvalue weighted by Gasteiger charge is -2.48. The maximum atomic E-state index is 10.4. The van der Waals surface area contributed by atoms with Crippen molar-refractivity contribution < 1.29 is 14.2 Å². The summed E-state index contributed by atoms with van der Waals surface area (Å²) in [5, 5.41) is 39.6. The summed E-state index contributed by atoms with van der Waals surface area (Å²) in [6, 6.07) is 22.1. The molecule has 2 fully saturated rings. The molecule has 4 rings (SSSR count). The minimum absolute atomic E-state index is 0.428. The monoisotopic (exact) mass is 412 g/mol. The average Bonchev–Trinajstić information content (AvgIpc) is 2.98. The zero-order valence-electron chi connectivity index (χ0n) is 17.1. The van der Waals surface area contributed by atoms with E-state index in [9.17, 15) is 15.8 Å². The minimum Gasteiger partial charge on any atom is -0.494 e. The van der Waals surface area contributed by atoms with Crippen LogP contribution in [-0.2, 0) is 9.47 Å². The lowest BCUT2D eigenvalue weighted by atomic mass is 9.52. The van der Waals surface area contributed by atoms with Crippen LogP contribution in [0.25, 0.3) is 0 Å². The van der Waals surface area contributed by atoms with Crippen LogP contribution in [0.1, 0.15) is 37.0 Å². The normalized spacial score (nSPS) is 30.4. The number of benzene rings is 2. The van der Waals surface area contributed by atoms with E-state index in [-0.39, 0.29) is 0 Å². The van der Waals surface area contributed by atoms with Gasteiger partial charge in [-0.2, -0.15) is 15.8 Å². The number of hydrogen-bond acceptors (Lipinski definition) is 7. The number of fused-ring (bicyclic) bond motifs is 2. The van der Waals surface area contributed by atoms with Crippen molar-refractivity contribution in [2.75, 3.05) is 6.61 Å². The number of nitrogens with zero attached hydrogens (tertiary/aromatic N) is 3. The van der Waals surface area contributed by atoms with Crippen molar-refractivity contribution in [3.05, 3.63) is 65.7 Å². The van der Waals surface area contributed by atoms with Gasteiger partial charge in [0, 0.05) is 6.92 Å². The van der Waals surface area contributed by atoms with Crippen molar-refractivity contribution >= 4 is 5.90 Å². The van der Waals surface area contributed by atoms with Crippen LogP contribution in [0, 0.1) is 50.2 Å². The summed E-state index contributed by atoms with van der Waals surface area (Å²) >= 11 is 0. The molecule has 0 saturated carbocycles. The second kappa shape index (κ2) is 7.13. The van der Waals surface area contributed by atoms with Crippen molar-refractivity contribution in [1.82, 2.24) is 0 Å². The van der Waals surface area contributed by atoms with Crippen molar-refractivity contribution in [2.24, 2.45) is 10.8 Å². The molecule has 2 aromatic carbocycles. The van der Waals surface area contributed by atoms with Crippen LogP contribution < -0.4 is 4.74 Å². The van der Waals surface area contributed by atoms with Crippen molar-refractivity contribution in [3.63, 3.8) is 0 Å². The van der Waals surface area contributed by atoms with Crippen LogP contribution in [0.3, 0.4) is 0 Å². The fourth-order valence-electron chi connectivity index (χ4n) is 4.84. The number of rotatable bonds is 4. The second-order valence-corrected chi connectivity index (χ2v) is 7.74. The first-order valence-electron chi connectivity index (χ1n) is 9.89. The fourth-order valence-corrected chi connectivity index (χ4v) is 4.84. The van der Waals surface area contributed by atoms with Gasteiger partial charge in [-0.1, -0.05) is 42.5 Å². The Balaban J connectivity index is 1.95. The van der Waals surface area contributed by atoms with E-state index in [1.165, 1.54) is 0 Å². The highest BCUT2D eigenvalue weighted by Gasteiger charge is 2.79. The van der Waals surface area contributed by atoms with E-state index < -0.39 is 34.5 Å². The Kier molecular flexibility index (Phi) is 4.69. The fraction of sp³-hybridized carbons (Fsp3) is 0.333. The molecule has 2 aliphatic rings. The highest BCUT2D eigenvalue weighted by Crippen LogP contribution is 2.69. The van der Waals surface area contributed by atoms with Crippen molar-refractivity contribution in [2.45, 2.75) is 31.7 Å². The lowest BCUT2D eigenvalue weighted by molar-refractivity contribution is -0.253. The summed E-state index contributed by atoms with van der Waals surface area (Å²) in [6.07, 6.45) is -1.11. The first-order chi connectivity index (χ1) is 14.9. The van der Waals surface area contributed by atoms with Gasteiger partial charge in [-0.15, -0.1) is 0 Å². The lowest BCUT2D eigenvalue weighted by Crippen LogP contribution is -2.57. The SMILES string of the molecule is CCOc1ccc(C2OC3(C)OC(=N)C(C#N)(C3c3ccccc3)C2(C#N)C#N)cc1. The van der Waals surface area contributed by atoms with Crippen LogP contribution in [0.15, 0.2) is 54.6 Å². The third kappa shape index (κ3) is 2.56. The van der Waals surface area contributed by atoms with E-state index in [1.54, 1.807) is 55.5 Å². The number of hydrogen-bond donors (Lipinski definition) is 1. The van der Waals surface area contributed by atoms with Gasteiger partial charge in [0.15, 0.2) is 5.41 Å². The highest BCUT2D eigenvalue weighted by molar-refractivity contribution is 5.90. The Morgan fingerprint density at radius 3 is 2.16 bits per heavy atom. The smallest absolute Gasteiger partial charge is 0.218 e. The van der Waals surface area contributed by atoms with Gasteiger partial charge >= 0.3 is 0 Å². The third-order valence-corrected chi connectivity index (χ3v) is 6.14. The molecule has 2 aromatic rings. The number of ether oxygens (including phenoxy) is 3. The summed E-state index contributed by atoms with van der Waals surface area (Å²) in [7, 11) is 0. The molecule has 2 bridgehead atoms. The molecule has 4 unspecified atom stereocenters. The molecule has 2 heterocycles. The molecule has 2 saturated heterocycles. The van der Waals surface area contributed by atoms with Crippen LogP contribution in [0.2, 0.25) is 0 Å². The molecule has 0 amide bonds. The molecular weight excluding hydrogens is 392 g/mol.